The average Bonchev–Trinajstić information content (AvgIpc) is 3.43. The fraction of sp³-hybridized carbons (Fsp3) is 0.292. The summed E-state index contributed by atoms with van der Waals surface area (Å²) in [5.41, 5.74) is 7.18. The molecular weight excluding hydrogens is 499 g/mol. The Morgan fingerprint density at radius 1 is 1.26 bits per heavy atom. The number of allylic oxidation sites excluding steroid dienone is 1. The number of hydrogen-bond acceptors (Lipinski definition) is 5. The summed E-state index contributed by atoms with van der Waals surface area (Å²) < 4.78 is 41.5. The molecule has 35 heavy (non-hydrogen) atoms. The SMILES string of the molecule is N[C@H]1CCCN(C2=NC(=O)C(=C(Cc3ccc(Cl)cc3C(F)(F)F)c3ccc4[nH]ncc4c3)S2)C1. The third-order valence-electron chi connectivity index (χ3n) is 6.12. The van der Waals surface area contributed by atoms with E-state index in [1.807, 2.05) is 11.0 Å². The molecule has 1 saturated heterocycles. The van der Waals surface area contributed by atoms with Gasteiger partial charge in [0.05, 0.1) is 22.2 Å². The van der Waals surface area contributed by atoms with E-state index in [1.54, 1.807) is 18.3 Å². The molecule has 3 aromatic rings. The normalized spacial score (nSPS) is 20.5. The molecule has 0 bridgehead atoms. The number of aromatic amines is 1. The minimum Gasteiger partial charge on any atom is -0.349 e. The van der Waals surface area contributed by atoms with Gasteiger partial charge in [-0.2, -0.15) is 23.3 Å². The van der Waals surface area contributed by atoms with Crippen LogP contribution in [-0.4, -0.2) is 45.3 Å². The minimum atomic E-state index is -4.59. The molecule has 1 fully saturated rings. The number of alkyl halides is 3. The van der Waals surface area contributed by atoms with Crippen LogP contribution in [0.15, 0.2) is 52.5 Å². The Kier molecular flexibility index (Phi) is 6.37. The van der Waals surface area contributed by atoms with Crippen LogP contribution < -0.4 is 5.73 Å². The molecule has 6 nitrogen and oxygen atoms in total. The molecule has 2 aliphatic rings. The number of likely N-dealkylation sites (tertiary alicyclic amines) is 1. The summed E-state index contributed by atoms with van der Waals surface area (Å²) in [7, 11) is 0. The highest BCUT2D eigenvalue weighted by Gasteiger charge is 2.35. The number of nitrogens with zero attached hydrogens (tertiary/aromatic N) is 3. The number of thioether (sulfide) groups is 1. The monoisotopic (exact) mass is 519 g/mol. The number of fused-ring (bicyclic) bond motifs is 1. The average molecular weight is 520 g/mol. The number of amides is 1. The molecule has 0 spiro atoms. The van der Waals surface area contributed by atoms with Crippen molar-refractivity contribution in [2.75, 3.05) is 13.1 Å². The first-order chi connectivity index (χ1) is 16.7. The number of aliphatic imine (C=N–C) groups is 1. The highest BCUT2D eigenvalue weighted by atomic mass is 35.5. The van der Waals surface area contributed by atoms with Gasteiger partial charge in [0.2, 0.25) is 0 Å². The number of H-pyrrole nitrogens is 1. The van der Waals surface area contributed by atoms with Crippen molar-refractivity contribution in [3.8, 4) is 0 Å². The lowest BCUT2D eigenvalue weighted by Crippen LogP contribution is -2.44. The molecule has 1 atom stereocenters. The van der Waals surface area contributed by atoms with Crippen molar-refractivity contribution in [2.45, 2.75) is 31.5 Å². The number of halogens is 4. The van der Waals surface area contributed by atoms with Gasteiger partial charge in [-0.15, -0.1) is 0 Å². The van der Waals surface area contributed by atoms with Crippen molar-refractivity contribution >= 4 is 50.9 Å². The second-order valence-corrected chi connectivity index (χ2v) is 10.0. The molecule has 11 heteroatoms. The zero-order valence-electron chi connectivity index (χ0n) is 18.4. The van der Waals surface area contributed by atoms with Crippen LogP contribution in [-0.2, 0) is 17.4 Å². The summed E-state index contributed by atoms with van der Waals surface area (Å²) in [5, 5.41) is 8.19. The van der Waals surface area contributed by atoms with Crippen molar-refractivity contribution in [2.24, 2.45) is 10.7 Å². The van der Waals surface area contributed by atoms with E-state index in [4.69, 9.17) is 17.3 Å². The van der Waals surface area contributed by atoms with Gasteiger partial charge in [0.15, 0.2) is 5.17 Å². The second-order valence-electron chi connectivity index (χ2n) is 8.61. The minimum absolute atomic E-state index is 0.00605. The number of aromatic nitrogens is 2. The van der Waals surface area contributed by atoms with E-state index >= 15 is 0 Å². The molecule has 0 unspecified atom stereocenters. The largest absolute Gasteiger partial charge is 0.416 e. The summed E-state index contributed by atoms with van der Waals surface area (Å²) in [4.78, 5) is 19.6. The van der Waals surface area contributed by atoms with Gasteiger partial charge in [-0.1, -0.05) is 23.7 Å². The smallest absolute Gasteiger partial charge is 0.349 e. The van der Waals surface area contributed by atoms with E-state index in [0.29, 0.717) is 27.8 Å². The number of carbonyl (C=O) groups excluding carboxylic acids is 1. The Bertz CT molecular complexity index is 1370. The Hall–Kier alpha value is -2.82. The van der Waals surface area contributed by atoms with Gasteiger partial charge in [-0.3, -0.25) is 9.89 Å². The van der Waals surface area contributed by atoms with Gasteiger partial charge < -0.3 is 10.6 Å². The molecule has 3 N–H and O–H groups in total. The van der Waals surface area contributed by atoms with Crippen molar-refractivity contribution in [1.82, 2.24) is 15.1 Å². The summed E-state index contributed by atoms with van der Waals surface area (Å²) in [6, 6.07) is 9.06. The predicted octanol–water partition coefficient (Wildman–Crippen LogP) is 5.24. The number of piperidine rings is 1. The number of hydrogen-bond donors (Lipinski definition) is 2. The van der Waals surface area contributed by atoms with Gasteiger partial charge in [0, 0.05) is 29.5 Å². The fourth-order valence-corrected chi connectivity index (χ4v) is 5.63. The summed E-state index contributed by atoms with van der Waals surface area (Å²) in [5.74, 6) is -0.464. The zero-order chi connectivity index (χ0) is 24.7. The van der Waals surface area contributed by atoms with Gasteiger partial charge in [-0.05, 0) is 72.0 Å². The van der Waals surface area contributed by atoms with Crippen LogP contribution in [0.3, 0.4) is 0 Å². The third kappa shape index (κ3) is 4.96. The van der Waals surface area contributed by atoms with E-state index in [2.05, 4.69) is 15.2 Å². The lowest BCUT2D eigenvalue weighted by Gasteiger charge is -2.31. The predicted molar refractivity (Wildman–Crippen MR) is 132 cm³/mol. The summed E-state index contributed by atoms with van der Waals surface area (Å²) >= 11 is 7.07. The molecule has 2 aliphatic heterocycles. The van der Waals surface area contributed by atoms with Gasteiger partial charge in [0.1, 0.15) is 0 Å². The van der Waals surface area contributed by atoms with Gasteiger partial charge in [-0.25, -0.2) is 0 Å². The molecular formula is C24H21ClF3N5OS. The Labute approximate surface area is 208 Å². The van der Waals surface area contributed by atoms with Crippen LogP contribution in [0.25, 0.3) is 16.5 Å². The van der Waals surface area contributed by atoms with E-state index in [0.717, 1.165) is 36.4 Å². The van der Waals surface area contributed by atoms with E-state index < -0.39 is 17.6 Å². The van der Waals surface area contributed by atoms with Crippen LogP contribution in [0.4, 0.5) is 13.2 Å². The lowest BCUT2D eigenvalue weighted by atomic mass is 9.93. The standard InChI is InChI=1S/C24H21ClF3N5OS/c25-16-5-3-14(19(10-16)24(26,27)28)9-18(13-4-6-20-15(8-13)11-30-32-20)21-22(34)31-23(35-21)33-7-1-2-17(29)12-33/h3-6,8,10-11,17H,1-2,7,9,12,29H2,(H,30,32)/t17-/m0/s1. The van der Waals surface area contributed by atoms with Crippen molar-refractivity contribution in [3.63, 3.8) is 0 Å². The number of rotatable bonds is 3. The first kappa shape index (κ1) is 23.9. The Morgan fingerprint density at radius 2 is 2.09 bits per heavy atom. The van der Waals surface area contributed by atoms with Crippen LogP contribution in [0, 0.1) is 0 Å². The maximum atomic E-state index is 13.8. The molecule has 0 aliphatic carbocycles. The van der Waals surface area contributed by atoms with E-state index in [-0.39, 0.29) is 23.0 Å². The number of amidine groups is 1. The summed E-state index contributed by atoms with van der Waals surface area (Å²) in [6.07, 6.45) is -1.30. The number of benzene rings is 2. The fourth-order valence-electron chi connectivity index (χ4n) is 4.41. The molecule has 182 valence electrons. The molecule has 5 rings (SSSR count). The lowest BCUT2D eigenvalue weighted by molar-refractivity contribution is -0.138. The van der Waals surface area contributed by atoms with E-state index in [9.17, 15) is 18.0 Å². The molecule has 3 heterocycles. The Balaban J connectivity index is 1.59. The zero-order valence-corrected chi connectivity index (χ0v) is 20.0. The van der Waals surface area contributed by atoms with Crippen LogP contribution >= 0.6 is 23.4 Å². The first-order valence-electron chi connectivity index (χ1n) is 11.0. The van der Waals surface area contributed by atoms with Crippen molar-refractivity contribution < 1.29 is 18.0 Å². The maximum absolute atomic E-state index is 13.8. The highest BCUT2D eigenvalue weighted by molar-refractivity contribution is 8.18. The van der Waals surface area contributed by atoms with Crippen molar-refractivity contribution in [1.29, 1.82) is 0 Å². The Morgan fingerprint density at radius 3 is 2.86 bits per heavy atom. The summed E-state index contributed by atoms with van der Waals surface area (Å²) in [6.45, 7) is 1.31. The molecule has 0 saturated carbocycles. The highest BCUT2D eigenvalue weighted by Crippen LogP contribution is 2.41. The maximum Gasteiger partial charge on any atom is 0.416 e. The van der Waals surface area contributed by atoms with Gasteiger partial charge in [0.25, 0.3) is 5.91 Å². The van der Waals surface area contributed by atoms with Crippen molar-refractivity contribution in [3.05, 3.63) is 69.2 Å². The first-order valence-corrected chi connectivity index (χ1v) is 12.2. The van der Waals surface area contributed by atoms with Crippen LogP contribution in [0.1, 0.15) is 29.5 Å². The quantitative estimate of drug-likeness (QED) is 0.462. The molecule has 1 amide bonds. The van der Waals surface area contributed by atoms with Gasteiger partial charge >= 0.3 is 6.18 Å². The van der Waals surface area contributed by atoms with Crippen LogP contribution in [0.2, 0.25) is 5.02 Å². The number of carbonyl (C=O) groups is 1. The topological polar surface area (TPSA) is 87.4 Å². The van der Waals surface area contributed by atoms with Crippen LogP contribution in [0.5, 0.6) is 0 Å². The number of nitrogens with one attached hydrogen (secondary N) is 1. The second kappa shape index (κ2) is 9.33. The molecule has 2 aromatic carbocycles. The van der Waals surface area contributed by atoms with E-state index in [1.165, 1.54) is 23.9 Å². The molecule has 0 radical (unpaired) electrons. The third-order valence-corrected chi connectivity index (χ3v) is 7.51. The molecule has 1 aromatic heterocycles. The number of nitrogens with two attached hydrogens (primary N) is 1.